The van der Waals surface area contributed by atoms with Crippen molar-refractivity contribution in [1.82, 2.24) is 9.97 Å². The van der Waals surface area contributed by atoms with Crippen LogP contribution in [-0.4, -0.2) is 9.97 Å². The van der Waals surface area contributed by atoms with E-state index in [1.165, 1.54) is 43.1 Å². The van der Waals surface area contributed by atoms with Crippen LogP contribution in [0.4, 0.5) is 0 Å². The van der Waals surface area contributed by atoms with Gasteiger partial charge in [0.25, 0.3) is 0 Å². The highest BCUT2D eigenvalue weighted by molar-refractivity contribution is 7.26. The van der Waals surface area contributed by atoms with Gasteiger partial charge in [-0.15, -0.1) is 11.3 Å². The number of para-hydroxylation sites is 2. The standard InChI is InChI=1S/C49H28N2OS/c1-2-14-31-29(13-1)27-37(33-16-4-3-15-32(31)33)48-50-45(47-46(51-48)36-18-6-12-24-44(36)53-47)30-25-26-35-34-17-5-7-19-38(34)49(41(35)28-30)39-20-8-10-22-42(39)52-43-23-11-9-21-40(43)49/h1-28H. The van der Waals surface area contributed by atoms with E-state index in [0.717, 1.165) is 66.3 Å². The Bertz CT molecular complexity index is 3130. The van der Waals surface area contributed by atoms with Crippen molar-refractivity contribution < 1.29 is 4.74 Å². The van der Waals surface area contributed by atoms with Crippen molar-refractivity contribution in [3.8, 4) is 45.3 Å². The molecule has 53 heavy (non-hydrogen) atoms. The summed E-state index contributed by atoms with van der Waals surface area (Å²) in [6, 6.07) is 61.0. The predicted molar refractivity (Wildman–Crippen MR) is 218 cm³/mol. The quantitative estimate of drug-likeness (QED) is 0.169. The van der Waals surface area contributed by atoms with Crippen LogP contribution < -0.4 is 4.74 Å². The van der Waals surface area contributed by atoms with Crippen molar-refractivity contribution in [2.45, 2.75) is 5.41 Å². The molecule has 0 N–H and O–H groups in total. The largest absolute Gasteiger partial charge is 0.457 e. The molecule has 2 aliphatic rings. The molecule has 0 radical (unpaired) electrons. The molecule has 1 aliphatic carbocycles. The summed E-state index contributed by atoms with van der Waals surface area (Å²) in [5, 5.41) is 5.91. The van der Waals surface area contributed by atoms with Gasteiger partial charge in [-0.2, -0.15) is 0 Å². The zero-order chi connectivity index (χ0) is 34.7. The minimum absolute atomic E-state index is 0.558. The fourth-order valence-electron chi connectivity index (χ4n) is 9.15. The number of rotatable bonds is 2. The van der Waals surface area contributed by atoms with Gasteiger partial charge in [0.1, 0.15) is 11.5 Å². The molecular formula is C49H28N2OS. The molecule has 246 valence electrons. The Morgan fingerprint density at radius 1 is 0.453 bits per heavy atom. The Morgan fingerprint density at radius 3 is 1.89 bits per heavy atom. The minimum Gasteiger partial charge on any atom is -0.457 e. The van der Waals surface area contributed by atoms with Gasteiger partial charge >= 0.3 is 0 Å². The molecule has 10 aromatic rings. The van der Waals surface area contributed by atoms with E-state index < -0.39 is 5.41 Å². The van der Waals surface area contributed by atoms with Crippen LogP contribution >= 0.6 is 11.3 Å². The minimum atomic E-state index is -0.558. The normalized spacial score (nSPS) is 13.6. The maximum atomic E-state index is 6.61. The summed E-state index contributed by atoms with van der Waals surface area (Å²) in [5.41, 5.74) is 10.8. The summed E-state index contributed by atoms with van der Waals surface area (Å²) in [5.74, 6) is 2.51. The Kier molecular flexibility index (Phi) is 5.86. The maximum Gasteiger partial charge on any atom is 0.161 e. The molecule has 0 saturated carbocycles. The first-order valence-electron chi connectivity index (χ1n) is 18.0. The number of thiophene rings is 1. The van der Waals surface area contributed by atoms with E-state index in [9.17, 15) is 0 Å². The average molecular weight is 693 g/mol. The zero-order valence-electron chi connectivity index (χ0n) is 28.4. The Labute approximate surface area is 309 Å². The Hall–Kier alpha value is -6.62. The second-order valence-electron chi connectivity index (χ2n) is 14.0. The van der Waals surface area contributed by atoms with Gasteiger partial charge in [0.05, 0.1) is 21.3 Å². The van der Waals surface area contributed by atoms with Crippen molar-refractivity contribution in [2.75, 3.05) is 0 Å². The van der Waals surface area contributed by atoms with Crippen molar-refractivity contribution in [3.05, 3.63) is 192 Å². The SMILES string of the molecule is c1ccc2c(c1)Oc1ccccc1C21c2ccccc2-c2ccc(-c3nc(-c4cc5ccccc5c5ccccc45)nc4c3sc3ccccc34)cc21. The summed E-state index contributed by atoms with van der Waals surface area (Å²) in [6.07, 6.45) is 0. The number of nitrogens with zero attached hydrogens (tertiary/aromatic N) is 2. The maximum absolute atomic E-state index is 6.61. The van der Waals surface area contributed by atoms with E-state index in [1.807, 2.05) is 0 Å². The summed E-state index contributed by atoms with van der Waals surface area (Å²) in [4.78, 5) is 11.0. The van der Waals surface area contributed by atoms with Crippen molar-refractivity contribution in [1.29, 1.82) is 0 Å². The molecule has 0 atom stereocenters. The number of hydrogen-bond acceptors (Lipinski definition) is 4. The molecule has 1 aliphatic heterocycles. The van der Waals surface area contributed by atoms with Gasteiger partial charge in [-0.05, 0) is 74.1 Å². The zero-order valence-corrected chi connectivity index (χ0v) is 29.2. The van der Waals surface area contributed by atoms with Crippen LogP contribution in [-0.2, 0) is 5.41 Å². The van der Waals surface area contributed by atoms with Crippen LogP contribution in [0.5, 0.6) is 11.5 Å². The number of aromatic nitrogens is 2. The lowest BCUT2D eigenvalue weighted by Gasteiger charge is -2.39. The second-order valence-corrected chi connectivity index (χ2v) is 15.1. The van der Waals surface area contributed by atoms with Crippen molar-refractivity contribution >= 4 is 53.2 Å². The third-order valence-corrected chi connectivity index (χ3v) is 12.5. The molecule has 2 aromatic heterocycles. The first-order valence-corrected chi connectivity index (χ1v) is 18.8. The highest BCUT2D eigenvalue weighted by Gasteiger charge is 2.51. The third-order valence-electron chi connectivity index (χ3n) is 11.3. The molecular weight excluding hydrogens is 665 g/mol. The molecule has 4 heteroatoms. The molecule has 8 aromatic carbocycles. The topological polar surface area (TPSA) is 35.0 Å². The van der Waals surface area contributed by atoms with Gasteiger partial charge in [0.15, 0.2) is 5.82 Å². The van der Waals surface area contributed by atoms with Crippen LogP contribution in [0.25, 0.3) is 75.6 Å². The van der Waals surface area contributed by atoms with Crippen molar-refractivity contribution in [3.63, 3.8) is 0 Å². The summed E-state index contributed by atoms with van der Waals surface area (Å²) in [6.45, 7) is 0. The fraction of sp³-hybridized carbons (Fsp3) is 0.0204. The summed E-state index contributed by atoms with van der Waals surface area (Å²) < 4.78 is 8.91. The molecule has 0 fully saturated rings. The second kappa shape index (κ2) is 10.7. The molecule has 12 rings (SSSR count). The van der Waals surface area contributed by atoms with E-state index in [1.54, 1.807) is 11.3 Å². The number of hydrogen-bond donors (Lipinski definition) is 0. The van der Waals surface area contributed by atoms with Gasteiger partial charge in [-0.3, -0.25) is 0 Å². The molecule has 3 heterocycles. The number of ether oxygens (including phenoxy) is 1. The van der Waals surface area contributed by atoms with Crippen LogP contribution in [0.15, 0.2) is 170 Å². The summed E-state index contributed by atoms with van der Waals surface area (Å²) >= 11 is 1.77. The lowest BCUT2D eigenvalue weighted by atomic mass is 9.66. The van der Waals surface area contributed by atoms with Gasteiger partial charge in [0.2, 0.25) is 0 Å². The van der Waals surface area contributed by atoms with Gasteiger partial charge in [-0.1, -0.05) is 140 Å². The first kappa shape index (κ1) is 29.0. The summed E-state index contributed by atoms with van der Waals surface area (Å²) in [7, 11) is 0. The molecule has 0 bridgehead atoms. The van der Waals surface area contributed by atoms with E-state index in [2.05, 4.69) is 170 Å². The van der Waals surface area contributed by atoms with Gasteiger partial charge < -0.3 is 4.74 Å². The monoisotopic (exact) mass is 692 g/mol. The van der Waals surface area contributed by atoms with E-state index in [4.69, 9.17) is 14.7 Å². The molecule has 3 nitrogen and oxygen atoms in total. The lowest BCUT2D eigenvalue weighted by Crippen LogP contribution is -2.32. The Morgan fingerprint density at radius 2 is 1.08 bits per heavy atom. The van der Waals surface area contributed by atoms with Crippen LogP contribution in [0.2, 0.25) is 0 Å². The van der Waals surface area contributed by atoms with Crippen molar-refractivity contribution in [2.24, 2.45) is 0 Å². The highest BCUT2D eigenvalue weighted by atomic mass is 32.1. The number of benzene rings is 8. The molecule has 0 saturated heterocycles. The number of fused-ring (bicyclic) bond motifs is 15. The van der Waals surface area contributed by atoms with E-state index in [0.29, 0.717) is 0 Å². The van der Waals surface area contributed by atoms with Crippen LogP contribution in [0, 0.1) is 0 Å². The predicted octanol–water partition coefficient (Wildman–Crippen LogP) is 13.0. The van der Waals surface area contributed by atoms with Crippen LogP contribution in [0.1, 0.15) is 22.3 Å². The third kappa shape index (κ3) is 3.88. The van der Waals surface area contributed by atoms with Gasteiger partial charge in [0, 0.05) is 32.3 Å². The Balaban J connectivity index is 1.18. The van der Waals surface area contributed by atoms with Crippen LogP contribution in [0.3, 0.4) is 0 Å². The average Bonchev–Trinajstić information content (AvgIpc) is 3.74. The first-order chi connectivity index (χ1) is 26.3. The smallest absolute Gasteiger partial charge is 0.161 e. The van der Waals surface area contributed by atoms with Gasteiger partial charge in [-0.25, -0.2) is 9.97 Å². The molecule has 1 spiro atoms. The lowest BCUT2D eigenvalue weighted by molar-refractivity contribution is 0.436. The van der Waals surface area contributed by atoms with E-state index >= 15 is 0 Å². The van der Waals surface area contributed by atoms with E-state index in [-0.39, 0.29) is 0 Å². The fourth-order valence-corrected chi connectivity index (χ4v) is 10.3. The highest BCUT2D eigenvalue weighted by Crippen LogP contribution is 2.62. The molecule has 0 unspecified atom stereocenters. The molecule has 0 amide bonds.